The molecule has 0 saturated carbocycles. The topological polar surface area (TPSA) is 83.6 Å². The first-order chi connectivity index (χ1) is 12.8. The van der Waals surface area contributed by atoms with Gasteiger partial charge in [-0.05, 0) is 50.2 Å². The molecule has 140 valence electrons. The van der Waals surface area contributed by atoms with Crippen LogP contribution in [0.25, 0.3) is 0 Å². The second-order valence-electron chi connectivity index (χ2n) is 6.21. The predicted molar refractivity (Wildman–Crippen MR) is 104 cm³/mol. The van der Waals surface area contributed by atoms with Gasteiger partial charge in [0.05, 0.1) is 0 Å². The van der Waals surface area contributed by atoms with Gasteiger partial charge in [0.2, 0.25) is 11.8 Å². The Labute approximate surface area is 158 Å². The number of anilines is 2. The SMILES string of the molecule is CC(=O)c1ccc(N(CCC(=O)Nc2cccc(C(C)=O)c2)C(C)=O)cc1. The summed E-state index contributed by atoms with van der Waals surface area (Å²) in [5, 5.41) is 2.73. The zero-order valence-corrected chi connectivity index (χ0v) is 15.6. The number of ketones is 2. The van der Waals surface area contributed by atoms with Crippen molar-refractivity contribution >= 4 is 34.8 Å². The molecule has 2 rings (SSSR count). The minimum Gasteiger partial charge on any atom is -0.326 e. The fourth-order valence-corrected chi connectivity index (χ4v) is 2.60. The molecule has 0 radical (unpaired) electrons. The van der Waals surface area contributed by atoms with Crippen molar-refractivity contribution in [1.82, 2.24) is 0 Å². The van der Waals surface area contributed by atoms with E-state index in [2.05, 4.69) is 5.32 Å². The Kier molecular flexibility index (Phi) is 6.60. The fraction of sp³-hybridized carbons (Fsp3) is 0.238. The van der Waals surface area contributed by atoms with Crippen LogP contribution in [0.3, 0.4) is 0 Å². The van der Waals surface area contributed by atoms with Crippen molar-refractivity contribution in [3.63, 3.8) is 0 Å². The van der Waals surface area contributed by atoms with Gasteiger partial charge >= 0.3 is 0 Å². The first kappa shape index (κ1) is 20.0. The molecule has 0 aliphatic rings. The lowest BCUT2D eigenvalue weighted by Crippen LogP contribution is -2.32. The molecule has 0 bridgehead atoms. The van der Waals surface area contributed by atoms with Crippen molar-refractivity contribution in [3.8, 4) is 0 Å². The number of hydrogen-bond donors (Lipinski definition) is 1. The molecule has 0 aliphatic heterocycles. The highest BCUT2D eigenvalue weighted by atomic mass is 16.2. The number of nitrogens with zero attached hydrogens (tertiary/aromatic N) is 1. The zero-order chi connectivity index (χ0) is 20.0. The maximum Gasteiger partial charge on any atom is 0.226 e. The van der Waals surface area contributed by atoms with Crippen LogP contribution < -0.4 is 10.2 Å². The minimum atomic E-state index is -0.262. The van der Waals surface area contributed by atoms with Crippen LogP contribution in [0.15, 0.2) is 48.5 Å². The third kappa shape index (κ3) is 5.60. The van der Waals surface area contributed by atoms with E-state index < -0.39 is 0 Å². The summed E-state index contributed by atoms with van der Waals surface area (Å²) in [6, 6.07) is 13.4. The van der Waals surface area contributed by atoms with Gasteiger partial charge in [-0.3, -0.25) is 19.2 Å². The second kappa shape index (κ2) is 8.89. The van der Waals surface area contributed by atoms with Crippen molar-refractivity contribution < 1.29 is 19.2 Å². The minimum absolute atomic E-state index is 0.0527. The average molecular weight is 366 g/mol. The monoisotopic (exact) mass is 366 g/mol. The first-order valence-electron chi connectivity index (χ1n) is 8.58. The molecule has 0 atom stereocenters. The summed E-state index contributed by atoms with van der Waals surface area (Å²) in [5.74, 6) is -0.592. The lowest BCUT2D eigenvalue weighted by Gasteiger charge is -2.21. The number of carbonyl (C=O) groups excluding carboxylic acids is 4. The molecule has 2 aromatic rings. The van der Waals surface area contributed by atoms with Crippen LogP contribution in [0.1, 0.15) is 47.9 Å². The Morgan fingerprint density at radius 3 is 2.04 bits per heavy atom. The highest BCUT2D eigenvalue weighted by Gasteiger charge is 2.14. The number of nitrogens with one attached hydrogen (secondary N) is 1. The Morgan fingerprint density at radius 2 is 1.48 bits per heavy atom. The summed E-state index contributed by atoms with van der Waals surface area (Å²) >= 11 is 0. The summed E-state index contributed by atoms with van der Waals surface area (Å²) in [4.78, 5) is 48.4. The van der Waals surface area contributed by atoms with Gasteiger partial charge in [0.15, 0.2) is 11.6 Å². The van der Waals surface area contributed by atoms with E-state index in [4.69, 9.17) is 0 Å². The summed E-state index contributed by atoms with van der Waals surface area (Å²) in [6.07, 6.45) is 0.0956. The van der Waals surface area contributed by atoms with Gasteiger partial charge in [-0.1, -0.05) is 12.1 Å². The van der Waals surface area contributed by atoms with Gasteiger partial charge in [0, 0.05) is 42.4 Å². The van der Waals surface area contributed by atoms with E-state index in [0.717, 1.165) is 0 Å². The summed E-state index contributed by atoms with van der Waals surface area (Å²) in [7, 11) is 0. The van der Waals surface area contributed by atoms with Crippen LogP contribution in [-0.4, -0.2) is 29.9 Å². The maximum absolute atomic E-state index is 12.2. The molecule has 27 heavy (non-hydrogen) atoms. The number of Topliss-reactive ketones (excluding diaryl/α,β-unsaturated/α-hetero) is 2. The molecule has 0 aliphatic carbocycles. The molecule has 0 heterocycles. The maximum atomic E-state index is 12.2. The van der Waals surface area contributed by atoms with Gasteiger partial charge in [-0.2, -0.15) is 0 Å². The average Bonchev–Trinajstić information content (AvgIpc) is 2.62. The van der Waals surface area contributed by atoms with Crippen molar-refractivity contribution in [2.45, 2.75) is 27.2 Å². The Bertz CT molecular complexity index is 872. The molecule has 0 aromatic heterocycles. The van der Waals surface area contributed by atoms with Gasteiger partial charge in [0.1, 0.15) is 0 Å². The lowest BCUT2D eigenvalue weighted by molar-refractivity contribution is -0.117. The first-order valence-corrected chi connectivity index (χ1v) is 8.58. The molecule has 0 unspecified atom stereocenters. The van der Waals surface area contributed by atoms with Crippen LogP contribution >= 0.6 is 0 Å². The third-order valence-electron chi connectivity index (χ3n) is 4.08. The van der Waals surface area contributed by atoms with E-state index in [1.165, 1.54) is 25.7 Å². The van der Waals surface area contributed by atoms with Crippen LogP contribution in [0.5, 0.6) is 0 Å². The van der Waals surface area contributed by atoms with Crippen LogP contribution in [0.2, 0.25) is 0 Å². The molecular weight excluding hydrogens is 344 g/mol. The molecule has 2 amide bonds. The standard InChI is InChI=1S/C21H22N2O4/c1-14(24)17-7-9-20(10-8-17)23(16(3)26)12-11-21(27)22-19-6-4-5-18(13-19)15(2)25/h4-10,13H,11-12H2,1-3H3,(H,22,27). The van der Waals surface area contributed by atoms with Crippen LogP contribution in [0.4, 0.5) is 11.4 Å². The molecule has 0 fully saturated rings. The van der Waals surface area contributed by atoms with Crippen molar-refractivity contribution in [2.24, 2.45) is 0 Å². The van der Waals surface area contributed by atoms with Gasteiger partial charge < -0.3 is 10.2 Å². The molecular formula is C21H22N2O4. The molecule has 1 N–H and O–H groups in total. The normalized spacial score (nSPS) is 10.2. The number of benzene rings is 2. The molecule has 6 nitrogen and oxygen atoms in total. The largest absolute Gasteiger partial charge is 0.326 e. The van der Waals surface area contributed by atoms with Crippen molar-refractivity contribution in [2.75, 3.05) is 16.8 Å². The van der Waals surface area contributed by atoms with Crippen molar-refractivity contribution in [1.29, 1.82) is 0 Å². The molecule has 2 aromatic carbocycles. The lowest BCUT2D eigenvalue weighted by atomic mass is 10.1. The van der Waals surface area contributed by atoms with E-state index in [9.17, 15) is 19.2 Å². The van der Waals surface area contributed by atoms with E-state index >= 15 is 0 Å². The van der Waals surface area contributed by atoms with Crippen molar-refractivity contribution in [3.05, 3.63) is 59.7 Å². The van der Waals surface area contributed by atoms with Crippen LogP contribution in [0, 0.1) is 0 Å². The predicted octanol–water partition coefficient (Wildman–Crippen LogP) is 3.47. The van der Waals surface area contributed by atoms with Gasteiger partial charge in [0.25, 0.3) is 0 Å². The molecule has 0 saturated heterocycles. The zero-order valence-electron chi connectivity index (χ0n) is 15.6. The summed E-state index contributed by atoms with van der Waals surface area (Å²) in [5.41, 5.74) is 2.24. The second-order valence-corrected chi connectivity index (χ2v) is 6.21. The summed E-state index contributed by atoms with van der Waals surface area (Å²) in [6.45, 7) is 4.56. The van der Waals surface area contributed by atoms with Crippen LogP contribution in [-0.2, 0) is 9.59 Å². The number of amides is 2. The van der Waals surface area contributed by atoms with E-state index in [1.54, 1.807) is 48.5 Å². The van der Waals surface area contributed by atoms with E-state index in [0.29, 0.717) is 22.5 Å². The number of hydrogen-bond acceptors (Lipinski definition) is 4. The molecule has 0 spiro atoms. The number of rotatable bonds is 7. The van der Waals surface area contributed by atoms with E-state index in [1.807, 2.05) is 0 Å². The highest BCUT2D eigenvalue weighted by Crippen LogP contribution is 2.17. The number of carbonyl (C=O) groups is 4. The quantitative estimate of drug-likeness (QED) is 0.761. The molecule has 6 heteroatoms. The van der Waals surface area contributed by atoms with E-state index in [-0.39, 0.29) is 36.3 Å². The Hall–Kier alpha value is -3.28. The Balaban J connectivity index is 2.02. The third-order valence-corrected chi connectivity index (χ3v) is 4.08. The van der Waals surface area contributed by atoms with Gasteiger partial charge in [-0.25, -0.2) is 0 Å². The summed E-state index contributed by atoms with van der Waals surface area (Å²) < 4.78 is 0. The smallest absolute Gasteiger partial charge is 0.226 e. The Morgan fingerprint density at radius 1 is 0.852 bits per heavy atom. The highest BCUT2D eigenvalue weighted by molar-refractivity contribution is 5.98. The fourth-order valence-electron chi connectivity index (χ4n) is 2.60. The van der Waals surface area contributed by atoms with Gasteiger partial charge in [-0.15, -0.1) is 0 Å².